The summed E-state index contributed by atoms with van der Waals surface area (Å²) in [6.45, 7) is 1.76. The summed E-state index contributed by atoms with van der Waals surface area (Å²) >= 11 is 1.16. The van der Waals surface area contributed by atoms with Gasteiger partial charge >= 0.3 is 5.97 Å². The number of hydrogen-bond donors (Lipinski definition) is 3. The van der Waals surface area contributed by atoms with E-state index >= 15 is 0 Å². The maximum atomic E-state index is 13.1. The monoisotopic (exact) mass is 431 g/mol. The number of rotatable bonds is 6. The Balaban J connectivity index is 1.55. The number of hydrogen-bond acceptors (Lipinski definition) is 5. The highest BCUT2D eigenvalue weighted by atomic mass is 32.3. The van der Waals surface area contributed by atoms with Crippen LogP contribution in [0.3, 0.4) is 0 Å². The van der Waals surface area contributed by atoms with Crippen LogP contribution in [0.5, 0.6) is 5.75 Å². The molecule has 3 N–H and O–H groups in total. The van der Waals surface area contributed by atoms with Gasteiger partial charge in [-0.15, -0.1) is 11.8 Å². The van der Waals surface area contributed by atoms with Gasteiger partial charge in [-0.3, -0.25) is 4.79 Å². The van der Waals surface area contributed by atoms with Crippen molar-refractivity contribution in [1.82, 2.24) is 4.72 Å². The van der Waals surface area contributed by atoms with Crippen molar-refractivity contribution in [3.05, 3.63) is 71.8 Å². The van der Waals surface area contributed by atoms with Gasteiger partial charge in [-0.1, -0.05) is 55.5 Å². The number of benzene rings is 2. The molecule has 2 aromatic carbocycles. The van der Waals surface area contributed by atoms with Crippen molar-refractivity contribution >= 4 is 32.7 Å². The zero-order valence-electron chi connectivity index (χ0n) is 15.6. The molecule has 29 heavy (non-hydrogen) atoms. The number of nitrogens with one attached hydrogen (secondary N) is 1. The molecule has 1 aliphatic carbocycles. The van der Waals surface area contributed by atoms with E-state index in [9.17, 15) is 23.4 Å². The molecule has 152 valence electrons. The number of carboxylic acids is 1. The van der Waals surface area contributed by atoms with E-state index in [0.29, 0.717) is 0 Å². The lowest BCUT2D eigenvalue weighted by Crippen LogP contribution is -2.48. The molecule has 4 atom stereocenters. The third kappa shape index (κ3) is 3.45. The second-order valence-corrected chi connectivity index (χ2v) is 10.8. The number of allylic oxidation sites excluding steroid dienone is 1. The van der Waals surface area contributed by atoms with Crippen LogP contribution in [-0.4, -0.2) is 34.7 Å². The normalized spacial score (nSPS) is 28.7. The summed E-state index contributed by atoms with van der Waals surface area (Å²) in [4.78, 5) is 12.9. The summed E-state index contributed by atoms with van der Waals surface area (Å²) in [5, 5.41) is 19.6. The zero-order valence-corrected chi connectivity index (χ0v) is 17.3. The molecule has 1 heterocycles. The molecule has 0 amide bonds. The van der Waals surface area contributed by atoms with Gasteiger partial charge in [-0.2, -0.15) is 4.72 Å². The Hall–Kier alpha value is -2.29. The standard InChI is InChI=1S/C21H21NO5S2/c1-13-19(14-6-3-2-4-7-14)21(13,20(24)25)22-29(26,27)18-11-10-17(28-18)15-8-5-9-16(23)12-15/h2-10,12-13,18-19,22-23H,11H2,1H3,(H,24,25). The highest BCUT2D eigenvalue weighted by Gasteiger charge is 2.70. The molecular formula is C21H21NO5S2. The first-order valence-corrected chi connectivity index (χ1v) is 11.7. The second-order valence-electron chi connectivity index (χ2n) is 7.40. The highest BCUT2D eigenvalue weighted by Crippen LogP contribution is 2.58. The molecule has 2 aromatic rings. The molecule has 1 fully saturated rings. The number of thioether (sulfide) groups is 1. The van der Waals surface area contributed by atoms with Gasteiger partial charge in [0.15, 0.2) is 0 Å². The van der Waals surface area contributed by atoms with Gasteiger partial charge in [-0.05, 0) is 35.6 Å². The maximum Gasteiger partial charge on any atom is 0.325 e. The lowest BCUT2D eigenvalue weighted by Gasteiger charge is -2.19. The van der Waals surface area contributed by atoms with Crippen LogP contribution in [0.2, 0.25) is 0 Å². The summed E-state index contributed by atoms with van der Waals surface area (Å²) in [7, 11) is -3.91. The van der Waals surface area contributed by atoms with Gasteiger partial charge < -0.3 is 10.2 Å². The van der Waals surface area contributed by atoms with Crippen molar-refractivity contribution in [3.8, 4) is 5.75 Å². The topological polar surface area (TPSA) is 104 Å². The summed E-state index contributed by atoms with van der Waals surface area (Å²) in [6.07, 6.45) is 2.08. The third-order valence-electron chi connectivity index (χ3n) is 5.65. The molecule has 1 aliphatic heterocycles. The predicted octanol–water partition coefficient (Wildman–Crippen LogP) is 3.37. The molecule has 4 rings (SSSR count). The van der Waals surface area contributed by atoms with Crippen LogP contribution in [0.4, 0.5) is 0 Å². The number of aromatic hydroxyl groups is 1. The van der Waals surface area contributed by atoms with Crippen molar-refractivity contribution in [2.75, 3.05) is 0 Å². The van der Waals surface area contributed by atoms with Gasteiger partial charge in [0, 0.05) is 10.8 Å². The third-order valence-corrected chi connectivity index (χ3v) is 9.32. The van der Waals surface area contributed by atoms with E-state index in [2.05, 4.69) is 4.72 Å². The fourth-order valence-electron chi connectivity index (χ4n) is 4.08. The Labute approximate surface area is 173 Å². The molecule has 0 saturated heterocycles. The summed E-state index contributed by atoms with van der Waals surface area (Å²) in [6, 6.07) is 15.8. The largest absolute Gasteiger partial charge is 0.508 e. The quantitative estimate of drug-likeness (QED) is 0.648. The van der Waals surface area contributed by atoms with E-state index < -0.39 is 32.0 Å². The second kappa shape index (κ2) is 7.19. The Morgan fingerprint density at radius 1 is 1.17 bits per heavy atom. The first-order valence-electron chi connectivity index (χ1n) is 9.23. The fraction of sp³-hybridized carbons (Fsp3) is 0.286. The van der Waals surface area contributed by atoms with E-state index in [1.165, 1.54) is 0 Å². The first kappa shape index (κ1) is 20.0. The van der Waals surface area contributed by atoms with E-state index in [0.717, 1.165) is 27.8 Å². The average molecular weight is 432 g/mol. The number of phenols is 1. The van der Waals surface area contributed by atoms with Gasteiger partial charge in [0.2, 0.25) is 10.0 Å². The molecule has 0 radical (unpaired) electrons. The number of carboxylic acid groups (broad SMARTS) is 1. The lowest BCUT2D eigenvalue weighted by molar-refractivity contribution is -0.140. The Kier molecular flexibility index (Phi) is 4.96. The molecule has 2 aliphatic rings. The Bertz CT molecular complexity index is 1080. The van der Waals surface area contributed by atoms with E-state index in [1.54, 1.807) is 31.2 Å². The average Bonchev–Trinajstić information content (AvgIpc) is 3.05. The summed E-state index contributed by atoms with van der Waals surface area (Å²) in [5.41, 5.74) is 0.0134. The molecule has 8 heteroatoms. The van der Waals surface area contributed by atoms with Crippen molar-refractivity contribution < 1.29 is 23.4 Å². The van der Waals surface area contributed by atoms with Crippen molar-refractivity contribution in [2.24, 2.45) is 5.92 Å². The zero-order chi connectivity index (χ0) is 20.8. The van der Waals surface area contributed by atoms with Crippen LogP contribution in [-0.2, 0) is 14.8 Å². The van der Waals surface area contributed by atoms with E-state index in [4.69, 9.17) is 0 Å². The van der Waals surface area contributed by atoms with Crippen LogP contribution in [0.15, 0.2) is 60.7 Å². The minimum absolute atomic E-state index is 0.107. The molecule has 6 nitrogen and oxygen atoms in total. The summed E-state index contributed by atoms with van der Waals surface area (Å²) in [5.74, 6) is -1.83. The summed E-state index contributed by atoms with van der Waals surface area (Å²) < 4.78 is 27.9. The first-order chi connectivity index (χ1) is 13.8. The van der Waals surface area contributed by atoms with Crippen LogP contribution >= 0.6 is 11.8 Å². The number of aliphatic carboxylic acids is 1. The maximum absolute atomic E-state index is 13.1. The van der Waals surface area contributed by atoms with Crippen LogP contribution in [0.25, 0.3) is 4.91 Å². The van der Waals surface area contributed by atoms with Crippen LogP contribution < -0.4 is 4.72 Å². The van der Waals surface area contributed by atoms with Gasteiger partial charge in [0.1, 0.15) is 15.9 Å². The molecular weight excluding hydrogens is 410 g/mol. The van der Waals surface area contributed by atoms with Gasteiger partial charge in [0.05, 0.1) is 0 Å². The van der Waals surface area contributed by atoms with Gasteiger partial charge in [-0.25, -0.2) is 8.42 Å². The van der Waals surface area contributed by atoms with Crippen molar-refractivity contribution in [2.45, 2.75) is 29.4 Å². The minimum Gasteiger partial charge on any atom is -0.508 e. The number of phenolic OH excluding ortho intramolecular Hbond substituents is 1. The van der Waals surface area contributed by atoms with Crippen molar-refractivity contribution in [3.63, 3.8) is 0 Å². The molecule has 4 unspecified atom stereocenters. The highest BCUT2D eigenvalue weighted by molar-refractivity contribution is 8.18. The van der Waals surface area contributed by atoms with Crippen LogP contribution in [0.1, 0.15) is 30.4 Å². The number of sulfonamides is 1. The molecule has 1 saturated carbocycles. The lowest BCUT2D eigenvalue weighted by atomic mass is 10.1. The Morgan fingerprint density at radius 3 is 2.55 bits per heavy atom. The van der Waals surface area contributed by atoms with Crippen molar-refractivity contribution in [1.29, 1.82) is 0 Å². The smallest absolute Gasteiger partial charge is 0.325 e. The Morgan fingerprint density at radius 2 is 1.90 bits per heavy atom. The minimum atomic E-state index is -3.91. The molecule has 0 bridgehead atoms. The van der Waals surface area contributed by atoms with E-state index in [-0.39, 0.29) is 18.1 Å². The van der Waals surface area contributed by atoms with Crippen LogP contribution in [0, 0.1) is 5.92 Å². The molecule has 0 spiro atoms. The molecule has 0 aromatic heterocycles. The fourth-order valence-corrected chi connectivity index (χ4v) is 7.32. The predicted molar refractivity (Wildman–Crippen MR) is 113 cm³/mol. The number of carbonyl (C=O) groups is 1. The van der Waals surface area contributed by atoms with E-state index in [1.807, 2.05) is 36.4 Å². The SMILES string of the molecule is CC1C(c2ccccc2)C1(NS(=O)(=O)C1CC=C(c2cccc(O)c2)S1)C(=O)O. The van der Waals surface area contributed by atoms with Gasteiger partial charge in [0.25, 0.3) is 0 Å².